The van der Waals surface area contributed by atoms with Gasteiger partial charge in [-0.3, -0.25) is 0 Å². The highest BCUT2D eigenvalue weighted by molar-refractivity contribution is 5.78. The molecule has 1 saturated heterocycles. The number of rotatable bonds is 3. The number of aliphatic carboxylic acids is 1. The maximum absolute atomic E-state index is 11.3. The Hall–Kier alpha value is -1.75. The van der Waals surface area contributed by atoms with Gasteiger partial charge in [0.15, 0.2) is 0 Å². The third-order valence-electron chi connectivity index (χ3n) is 2.88. The zero-order valence-corrected chi connectivity index (χ0v) is 9.35. The van der Waals surface area contributed by atoms with E-state index in [1.165, 1.54) is 12.1 Å². The van der Waals surface area contributed by atoms with E-state index >= 15 is 0 Å². The van der Waals surface area contributed by atoms with Crippen molar-refractivity contribution >= 4 is 5.97 Å². The molecule has 2 rings (SSSR count). The Morgan fingerprint density at radius 3 is 2.59 bits per heavy atom. The average molecular weight is 237 g/mol. The number of carboxylic acids is 1. The first-order valence-corrected chi connectivity index (χ1v) is 5.55. The standard InChI is InChI=1S/C12H15NO4/c14-9-2-4-10(5-3-9)17-12(11(15)16)6-1-7-13-8-12/h2-5,13-14H,1,6-8H2,(H,15,16). The van der Waals surface area contributed by atoms with Crippen molar-refractivity contribution in [3.05, 3.63) is 24.3 Å². The van der Waals surface area contributed by atoms with E-state index in [9.17, 15) is 9.90 Å². The largest absolute Gasteiger partial charge is 0.508 e. The summed E-state index contributed by atoms with van der Waals surface area (Å²) in [5.74, 6) is -0.379. The summed E-state index contributed by atoms with van der Waals surface area (Å²) in [5.41, 5.74) is -1.20. The number of benzene rings is 1. The van der Waals surface area contributed by atoms with Gasteiger partial charge in [-0.1, -0.05) is 0 Å². The Kier molecular flexibility index (Phi) is 3.19. The van der Waals surface area contributed by atoms with Crippen molar-refractivity contribution in [1.29, 1.82) is 0 Å². The van der Waals surface area contributed by atoms with Crippen LogP contribution in [-0.2, 0) is 4.79 Å². The highest BCUT2D eigenvalue weighted by Gasteiger charge is 2.42. The first-order valence-electron chi connectivity index (χ1n) is 5.55. The molecule has 1 unspecified atom stereocenters. The van der Waals surface area contributed by atoms with Gasteiger partial charge in [-0.15, -0.1) is 0 Å². The van der Waals surface area contributed by atoms with Gasteiger partial charge in [-0.25, -0.2) is 4.79 Å². The molecule has 0 saturated carbocycles. The molecule has 1 aliphatic heterocycles. The summed E-state index contributed by atoms with van der Waals surface area (Å²) in [7, 11) is 0. The maximum Gasteiger partial charge on any atom is 0.349 e. The van der Waals surface area contributed by atoms with Crippen molar-refractivity contribution in [2.24, 2.45) is 0 Å². The average Bonchev–Trinajstić information content (AvgIpc) is 2.33. The van der Waals surface area contributed by atoms with Crippen LogP contribution in [0.5, 0.6) is 11.5 Å². The molecule has 0 aliphatic carbocycles. The number of piperidine rings is 1. The van der Waals surface area contributed by atoms with Gasteiger partial charge in [-0.2, -0.15) is 0 Å². The van der Waals surface area contributed by atoms with Crippen molar-refractivity contribution in [2.45, 2.75) is 18.4 Å². The van der Waals surface area contributed by atoms with E-state index < -0.39 is 11.6 Å². The van der Waals surface area contributed by atoms with Crippen LogP contribution in [0, 0.1) is 0 Å². The van der Waals surface area contributed by atoms with Gasteiger partial charge < -0.3 is 20.3 Å². The fourth-order valence-electron chi connectivity index (χ4n) is 1.93. The molecule has 0 aromatic heterocycles. The zero-order chi connectivity index (χ0) is 12.3. The van der Waals surface area contributed by atoms with Crippen LogP contribution >= 0.6 is 0 Å². The molecule has 5 heteroatoms. The number of aromatic hydroxyl groups is 1. The van der Waals surface area contributed by atoms with Crippen LogP contribution in [0.2, 0.25) is 0 Å². The second kappa shape index (κ2) is 4.63. The molecule has 1 fully saturated rings. The lowest BCUT2D eigenvalue weighted by Gasteiger charge is -2.34. The molecule has 0 amide bonds. The van der Waals surface area contributed by atoms with Gasteiger partial charge in [-0.05, 0) is 37.2 Å². The molecule has 1 heterocycles. The maximum atomic E-state index is 11.3. The SMILES string of the molecule is O=C(O)C1(Oc2ccc(O)cc2)CCCNC1. The fourth-order valence-corrected chi connectivity index (χ4v) is 1.93. The number of nitrogens with one attached hydrogen (secondary N) is 1. The second-order valence-electron chi connectivity index (χ2n) is 4.18. The van der Waals surface area contributed by atoms with Crippen LogP contribution in [0.3, 0.4) is 0 Å². The first kappa shape index (κ1) is 11.7. The highest BCUT2D eigenvalue weighted by atomic mass is 16.5. The van der Waals surface area contributed by atoms with Gasteiger partial charge in [0.25, 0.3) is 0 Å². The molecule has 3 N–H and O–H groups in total. The lowest BCUT2D eigenvalue weighted by molar-refractivity contribution is -0.156. The van der Waals surface area contributed by atoms with E-state index in [1.807, 2.05) is 0 Å². The monoisotopic (exact) mass is 237 g/mol. The lowest BCUT2D eigenvalue weighted by Crippen LogP contribution is -2.55. The molecule has 17 heavy (non-hydrogen) atoms. The molecule has 92 valence electrons. The molecule has 5 nitrogen and oxygen atoms in total. The smallest absolute Gasteiger partial charge is 0.349 e. The van der Waals surface area contributed by atoms with E-state index in [1.54, 1.807) is 12.1 Å². The highest BCUT2D eigenvalue weighted by Crippen LogP contribution is 2.26. The van der Waals surface area contributed by atoms with E-state index in [-0.39, 0.29) is 5.75 Å². The molecular weight excluding hydrogens is 222 g/mol. The molecule has 1 aliphatic rings. The van der Waals surface area contributed by atoms with Crippen molar-refractivity contribution in [3.8, 4) is 11.5 Å². The minimum absolute atomic E-state index is 0.128. The van der Waals surface area contributed by atoms with Gasteiger partial charge in [0, 0.05) is 13.0 Å². The summed E-state index contributed by atoms with van der Waals surface area (Å²) >= 11 is 0. The lowest BCUT2D eigenvalue weighted by atomic mass is 9.94. The first-order chi connectivity index (χ1) is 8.12. The molecular formula is C12H15NO4. The molecule has 0 spiro atoms. The van der Waals surface area contributed by atoms with Gasteiger partial charge in [0.2, 0.25) is 5.60 Å². The van der Waals surface area contributed by atoms with Gasteiger partial charge >= 0.3 is 5.97 Å². The Morgan fingerprint density at radius 2 is 2.06 bits per heavy atom. The zero-order valence-electron chi connectivity index (χ0n) is 9.35. The number of phenols is 1. The third kappa shape index (κ3) is 2.50. The summed E-state index contributed by atoms with van der Waals surface area (Å²) in [6.45, 7) is 1.11. The van der Waals surface area contributed by atoms with Crippen molar-refractivity contribution in [1.82, 2.24) is 5.32 Å². The van der Waals surface area contributed by atoms with Crippen LogP contribution in [-0.4, -0.2) is 34.9 Å². The van der Waals surface area contributed by atoms with Gasteiger partial charge in [0.1, 0.15) is 11.5 Å². The Bertz CT molecular complexity index is 395. The van der Waals surface area contributed by atoms with E-state index in [2.05, 4.69) is 5.32 Å². The Morgan fingerprint density at radius 1 is 1.35 bits per heavy atom. The van der Waals surface area contributed by atoms with E-state index in [0.29, 0.717) is 18.7 Å². The van der Waals surface area contributed by atoms with Gasteiger partial charge in [0.05, 0.1) is 0 Å². The van der Waals surface area contributed by atoms with Crippen LogP contribution in [0.15, 0.2) is 24.3 Å². The molecule has 0 radical (unpaired) electrons. The molecule has 1 aromatic carbocycles. The number of ether oxygens (including phenoxy) is 1. The van der Waals surface area contributed by atoms with Crippen LogP contribution in [0.1, 0.15) is 12.8 Å². The van der Waals surface area contributed by atoms with Crippen LogP contribution in [0.25, 0.3) is 0 Å². The summed E-state index contributed by atoms with van der Waals surface area (Å²) < 4.78 is 5.59. The molecule has 1 aromatic rings. The Balaban J connectivity index is 2.17. The predicted octanol–water partition coefficient (Wildman–Crippen LogP) is 0.978. The quantitative estimate of drug-likeness (QED) is 0.730. The topological polar surface area (TPSA) is 78.8 Å². The predicted molar refractivity (Wildman–Crippen MR) is 61.2 cm³/mol. The van der Waals surface area contributed by atoms with Crippen LogP contribution in [0.4, 0.5) is 0 Å². The summed E-state index contributed by atoms with van der Waals surface area (Å²) in [5, 5.41) is 21.5. The van der Waals surface area contributed by atoms with Crippen molar-refractivity contribution in [3.63, 3.8) is 0 Å². The number of hydrogen-bond donors (Lipinski definition) is 3. The minimum atomic E-state index is -1.20. The number of phenolic OH excluding ortho intramolecular Hbond substituents is 1. The van der Waals surface area contributed by atoms with Crippen LogP contribution < -0.4 is 10.1 Å². The normalized spacial score (nSPS) is 24.2. The number of hydrogen-bond acceptors (Lipinski definition) is 4. The second-order valence-corrected chi connectivity index (χ2v) is 4.18. The summed E-state index contributed by atoms with van der Waals surface area (Å²) in [6, 6.07) is 6.07. The number of carboxylic acid groups (broad SMARTS) is 1. The Labute approximate surface area is 99.0 Å². The minimum Gasteiger partial charge on any atom is -0.508 e. The summed E-state index contributed by atoms with van der Waals surface area (Å²) in [6.07, 6.45) is 1.25. The third-order valence-corrected chi connectivity index (χ3v) is 2.88. The fraction of sp³-hybridized carbons (Fsp3) is 0.417. The summed E-state index contributed by atoms with van der Waals surface area (Å²) in [4.78, 5) is 11.3. The molecule has 1 atom stereocenters. The van der Waals surface area contributed by atoms with E-state index in [4.69, 9.17) is 9.84 Å². The molecule has 0 bridgehead atoms. The number of carbonyl (C=O) groups is 1. The van der Waals surface area contributed by atoms with E-state index in [0.717, 1.165) is 13.0 Å². The van der Waals surface area contributed by atoms with Crippen molar-refractivity contribution in [2.75, 3.05) is 13.1 Å². The van der Waals surface area contributed by atoms with Crippen molar-refractivity contribution < 1.29 is 19.7 Å².